The van der Waals surface area contributed by atoms with Gasteiger partial charge in [0.25, 0.3) is 0 Å². The Labute approximate surface area is 118 Å². The van der Waals surface area contributed by atoms with Crippen LogP contribution < -0.4 is 5.32 Å². The molecule has 7 nitrogen and oxygen atoms in total. The molecule has 1 N–H and O–H groups in total. The zero-order valence-corrected chi connectivity index (χ0v) is 11.9. The molecular weight excluding hydrogens is 278 g/mol. The van der Waals surface area contributed by atoms with Gasteiger partial charge in [-0.3, -0.25) is 0 Å². The Bertz CT molecular complexity index is 614. The standard InChI is InChI=1S/C12H15N5O2S/c1-2-6-15-12-10-11(3-7-16-12)20(18,19)17(8-4-13)9-5-14/h3,7,10H,2,6,8-9H2,1H3,(H,15,16). The molecule has 0 aromatic carbocycles. The third kappa shape index (κ3) is 3.92. The van der Waals surface area contributed by atoms with E-state index in [0.29, 0.717) is 12.4 Å². The molecule has 1 rings (SSSR count). The Morgan fingerprint density at radius 3 is 2.55 bits per heavy atom. The van der Waals surface area contributed by atoms with Crippen LogP contribution >= 0.6 is 0 Å². The average molecular weight is 293 g/mol. The highest BCUT2D eigenvalue weighted by Crippen LogP contribution is 2.17. The van der Waals surface area contributed by atoms with Gasteiger partial charge in [0.2, 0.25) is 10.0 Å². The van der Waals surface area contributed by atoms with Gasteiger partial charge in [-0.05, 0) is 12.5 Å². The van der Waals surface area contributed by atoms with Crippen molar-refractivity contribution in [2.24, 2.45) is 0 Å². The Morgan fingerprint density at radius 1 is 1.35 bits per heavy atom. The van der Waals surface area contributed by atoms with Crippen molar-refractivity contribution < 1.29 is 8.42 Å². The van der Waals surface area contributed by atoms with Gasteiger partial charge in [-0.25, -0.2) is 13.4 Å². The van der Waals surface area contributed by atoms with Crippen molar-refractivity contribution in [1.82, 2.24) is 9.29 Å². The van der Waals surface area contributed by atoms with Crippen molar-refractivity contribution in [1.29, 1.82) is 10.5 Å². The molecule has 0 aliphatic carbocycles. The highest BCUT2D eigenvalue weighted by molar-refractivity contribution is 7.89. The van der Waals surface area contributed by atoms with E-state index in [4.69, 9.17) is 10.5 Å². The largest absolute Gasteiger partial charge is 0.370 e. The summed E-state index contributed by atoms with van der Waals surface area (Å²) in [5, 5.41) is 20.3. The first kappa shape index (κ1) is 15.9. The summed E-state index contributed by atoms with van der Waals surface area (Å²) in [6.45, 7) is 1.93. The summed E-state index contributed by atoms with van der Waals surface area (Å²) in [7, 11) is -3.86. The second kappa shape index (κ2) is 7.43. The number of rotatable bonds is 7. The molecule has 1 aromatic heterocycles. The topological polar surface area (TPSA) is 110 Å². The van der Waals surface area contributed by atoms with Gasteiger partial charge in [-0.2, -0.15) is 14.8 Å². The summed E-state index contributed by atoms with van der Waals surface area (Å²) in [6, 6.07) is 6.22. The van der Waals surface area contributed by atoms with Gasteiger partial charge in [0.05, 0.1) is 17.0 Å². The molecule has 8 heteroatoms. The Kier molecular flexibility index (Phi) is 5.91. The molecule has 0 bridgehead atoms. The van der Waals surface area contributed by atoms with Crippen LogP contribution in [-0.4, -0.2) is 37.3 Å². The Hall–Kier alpha value is -2.16. The minimum atomic E-state index is -3.86. The number of anilines is 1. The summed E-state index contributed by atoms with van der Waals surface area (Å²) < 4.78 is 25.4. The predicted molar refractivity (Wildman–Crippen MR) is 73.0 cm³/mol. The average Bonchev–Trinajstić information content (AvgIpc) is 2.45. The number of nitrogens with zero attached hydrogens (tertiary/aromatic N) is 4. The molecule has 106 valence electrons. The minimum Gasteiger partial charge on any atom is -0.370 e. The summed E-state index contributed by atoms with van der Waals surface area (Å²) in [4.78, 5) is 4.03. The van der Waals surface area contributed by atoms with E-state index < -0.39 is 10.0 Å². The van der Waals surface area contributed by atoms with E-state index in [1.807, 2.05) is 6.92 Å². The molecule has 0 saturated heterocycles. The van der Waals surface area contributed by atoms with Crippen molar-refractivity contribution in [3.63, 3.8) is 0 Å². The Morgan fingerprint density at radius 2 is 2.00 bits per heavy atom. The van der Waals surface area contributed by atoms with E-state index in [1.54, 1.807) is 12.1 Å². The molecular formula is C12H15N5O2S. The number of pyridine rings is 1. The number of sulfonamides is 1. The van der Waals surface area contributed by atoms with Crippen molar-refractivity contribution in [2.45, 2.75) is 18.2 Å². The molecule has 0 saturated carbocycles. The highest BCUT2D eigenvalue weighted by Gasteiger charge is 2.24. The molecule has 0 amide bonds. The van der Waals surface area contributed by atoms with E-state index in [2.05, 4.69) is 10.3 Å². The van der Waals surface area contributed by atoms with Crippen LogP contribution in [0.15, 0.2) is 23.2 Å². The lowest BCUT2D eigenvalue weighted by Gasteiger charge is -2.16. The van der Waals surface area contributed by atoms with E-state index in [0.717, 1.165) is 10.7 Å². The Balaban J connectivity index is 3.08. The molecule has 0 aliphatic heterocycles. The SMILES string of the molecule is CCCNc1cc(S(=O)(=O)N(CC#N)CC#N)ccn1. The predicted octanol–water partition coefficient (Wildman–Crippen LogP) is 0.941. The maximum Gasteiger partial charge on any atom is 0.245 e. The molecule has 0 spiro atoms. The van der Waals surface area contributed by atoms with Crippen molar-refractivity contribution in [3.05, 3.63) is 18.3 Å². The molecule has 20 heavy (non-hydrogen) atoms. The van der Waals surface area contributed by atoms with Crippen LogP contribution in [0.25, 0.3) is 0 Å². The fraction of sp³-hybridized carbons (Fsp3) is 0.417. The number of aromatic nitrogens is 1. The van der Waals surface area contributed by atoms with Crippen LogP contribution in [0, 0.1) is 22.7 Å². The van der Waals surface area contributed by atoms with E-state index in [-0.39, 0.29) is 18.0 Å². The molecule has 1 heterocycles. The van der Waals surface area contributed by atoms with Crippen molar-refractivity contribution in [3.8, 4) is 12.1 Å². The van der Waals surface area contributed by atoms with Crippen LogP contribution in [0.2, 0.25) is 0 Å². The third-order valence-electron chi connectivity index (χ3n) is 2.42. The van der Waals surface area contributed by atoms with Gasteiger partial charge in [0.15, 0.2) is 0 Å². The molecule has 0 radical (unpaired) electrons. The molecule has 0 aliphatic rings. The lowest BCUT2D eigenvalue weighted by atomic mass is 10.4. The minimum absolute atomic E-state index is 0.0107. The van der Waals surface area contributed by atoms with Gasteiger partial charge < -0.3 is 5.32 Å². The molecule has 0 atom stereocenters. The second-order valence-corrected chi connectivity index (χ2v) is 5.83. The first-order chi connectivity index (χ1) is 9.56. The van der Waals surface area contributed by atoms with Crippen molar-refractivity contribution >= 4 is 15.8 Å². The van der Waals surface area contributed by atoms with Crippen LogP contribution in [0.3, 0.4) is 0 Å². The zero-order valence-electron chi connectivity index (χ0n) is 11.1. The van der Waals surface area contributed by atoms with Gasteiger partial charge >= 0.3 is 0 Å². The maximum absolute atomic E-state index is 12.3. The fourth-order valence-corrected chi connectivity index (χ4v) is 2.70. The van der Waals surface area contributed by atoms with Crippen LogP contribution in [0.4, 0.5) is 5.82 Å². The number of hydrogen-bond donors (Lipinski definition) is 1. The van der Waals surface area contributed by atoms with Crippen LogP contribution in [0.5, 0.6) is 0 Å². The van der Waals surface area contributed by atoms with Gasteiger partial charge in [0, 0.05) is 18.8 Å². The molecule has 1 aromatic rings. The summed E-state index contributed by atoms with van der Waals surface area (Å²) in [5.41, 5.74) is 0. The molecule has 0 fully saturated rings. The summed E-state index contributed by atoms with van der Waals surface area (Å²) in [6.07, 6.45) is 2.26. The highest BCUT2D eigenvalue weighted by atomic mass is 32.2. The number of nitriles is 2. The zero-order chi connectivity index (χ0) is 15.0. The van der Waals surface area contributed by atoms with Gasteiger partial charge in [-0.1, -0.05) is 6.92 Å². The van der Waals surface area contributed by atoms with Crippen molar-refractivity contribution in [2.75, 3.05) is 25.0 Å². The quantitative estimate of drug-likeness (QED) is 0.749. The smallest absolute Gasteiger partial charge is 0.245 e. The molecule has 0 unspecified atom stereocenters. The van der Waals surface area contributed by atoms with E-state index >= 15 is 0 Å². The van der Waals surface area contributed by atoms with Gasteiger partial charge in [-0.15, -0.1) is 0 Å². The monoisotopic (exact) mass is 293 g/mol. The number of hydrogen-bond acceptors (Lipinski definition) is 6. The van der Waals surface area contributed by atoms with Gasteiger partial charge in [0.1, 0.15) is 18.9 Å². The first-order valence-corrected chi connectivity index (χ1v) is 7.44. The van der Waals surface area contributed by atoms with E-state index in [9.17, 15) is 8.42 Å². The third-order valence-corrected chi connectivity index (χ3v) is 4.21. The normalized spacial score (nSPS) is 10.8. The fourth-order valence-electron chi connectivity index (χ4n) is 1.45. The summed E-state index contributed by atoms with van der Waals surface area (Å²) >= 11 is 0. The van der Waals surface area contributed by atoms with Crippen LogP contribution in [-0.2, 0) is 10.0 Å². The first-order valence-electron chi connectivity index (χ1n) is 6.00. The van der Waals surface area contributed by atoms with E-state index in [1.165, 1.54) is 18.3 Å². The summed E-state index contributed by atoms with van der Waals surface area (Å²) in [5.74, 6) is 0.446. The lowest BCUT2D eigenvalue weighted by Crippen LogP contribution is -2.32. The van der Waals surface area contributed by atoms with Crippen LogP contribution in [0.1, 0.15) is 13.3 Å². The number of nitrogens with one attached hydrogen (secondary N) is 1. The lowest BCUT2D eigenvalue weighted by molar-refractivity contribution is 0.479. The maximum atomic E-state index is 12.3. The second-order valence-electron chi connectivity index (χ2n) is 3.89.